The Morgan fingerprint density at radius 2 is 2.35 bits per heavy atom. The van der Waals surface area contributed by atoms with Crippen molar-refractivity contribution in [3.63, 3.8) is 0 Å². The smallest absolute Gasteiger partial charge is 0.248 e. The normalized spacial score (nSPS) is 30.2. The molecule has 0 unspecified atom stereocenters. The number of amides is 1. The van der Waals surface area contributed by atoms with E-state index in [1.807, 2.05) is 18.7 Å². The average Bonchev–Trinajstić information content (AvgIpc) is 3.05. The van der Waals surface area contributed by atoms with E-state index in [-0.39, 0.29) is 16.8 Å². The predicted octanol–water partition coefficient (Wildman–Crippen LogP) is 2.20. The monoisotopic (exact) mass is 257 g/mol. The van der Waals surface area contributed by atoms with E-state index in [1.54, 1.807) is 0 Å². The highest BCUT2D eigenvalue weighted by molar-refractivity contribution is 8.00. The Morgan fingerprint density at radius 3 is 2.94 bits per heavy atom. The van der Waals surface area contributed by atoms with Gasteiger partial charge in [0.1, 0.15) is 6.10 Å². The minimum Gasteiger partial charge on any atom is -0.368 e. The first-order valence-electron chi connectivity index (χ1n) is 6.62. The minimum absolute atomic E-state index is 0.0411. The Kier molecular flexibility index (Phi) is 4.36. The number of hydrogen-bond donors (Lipinski definition) is 1. The largest absolute Gasteiger partial charge is 0.368 e. The minimum atomic E-state index is -0.300. The second kappa shape index (κ2) is 5.61. The summed E-state index contributed by atoms with van der Waals surface area (Å²) >= 11 is 1.97. The summed E-state index contributed by atoms with van der Waals surface area (Å²) in [6, 6.07) is 0. The number of rotatable bonds is 6. The highest BCUT2D eigenvalue weighted by Gasteiger charge is 2.30. The van der Waals surface area contributed by atoms with Crippen molar-refractivity contribution in [1.29, 1.82) is 0 Å². The molecule has 2 rings (SSSR count). The van der Waals surface area contributed by atoms with Crippen molar-refractivity contribution in [1.82, 2.24) is 5.32 Å². The molecule has 1 heterocycles. The van der Waals surface area contributed by atoms with E-state index in [0.29, 0.717) is 5.92 Å². The van der Waals surface area contributed by atoms with Crippen LogP contribution in [0.5, 0.6) is 0 Å². The maximum atomic E-state index is 11.8. The van der Waals surface area contributed by atoms with Gasteiger partial charge in [0.15, 0.2) is 0 Å². The molecule has 1 aliphatic heterocycles. The summed E-state index contributed by atoms with van der Waals surface area (Å²) in [5.74, 6) is 1.98. The Balaban J connectivity index is 1.64. The van der Waals surface area contributed by atoms with Gasteiger partial charge in [0.05, 0.1) is 6.61 Å². The topological polar surface area (TPSA) is 38.3 Å². The van der Waals surface area contributed by atoms with Crippen molar-refractivity contribution in [2.45, 2.75) is 50.4 Å². The molecule has 1 saturated heterocycles. The van der Waals surface area contributed by atoms with Crippen LogP contribution in [0, 0.1) is 5.92 Å². The summed E-state index contributed by atoms with van der Waals surface area (Å²) in [6.07, 6.45) is 4.71. The molecule has 17 heavy (non-hydrogen) atoms. The standard InChI is InChI=1S/C13H23NO2S/c1-10(16-8-11-4-5-11)12(15)14-9-13(2)6-3-7-17-13/h10-11H,3-9H2,1-2H3,(H,14,15)/t10-,13-/m0/s1. The molecule has 0 spiro atoms. The molecule has 0 aromatic rings. The molecule has 2 aliphatic rings. The van der Waals surface area contributed by atoms with E-state index in [0.717, 1.165) is 13.2 Å². The molecule has 0 aromatic carbocycles. The average molecular weight is 257 g/mol. The van der Waals surface area contributed by atoms with Crippen LogP contribution < -0.4 is 5.32 Å². The fourth-order valence-corrected chi connectivity index (χ4v) is 3.28. The van der Waals surface area contributed by atoms with Gasteiger partial charge in [-0.2, -0.15) is 11.8 Å². The van der Waals surface area contributed by atoms with Crippen molar-refractivity contribution < 1.29 is 9.53 Å². The Hall–Kier alpha value is -0.220. The second-order valence-electron chi connectivity index (χ2n) is 5.54. The molecule has 1 saturated carbocycles. The Morgan fingerprint density at radius 1 is 1.59 bits per heavy atom. The van der Waals surface area contributed by atoms with Gasteiger partial charge in [0.2, 0.25) is 5.91 Å². The predicted molar refractivity (Wildman–Crippen MR) is 71.2 cm³/mol. The number of ether oxygens (including phenoxy) is 1. The fourth-order valence-electron chi connectivity index (χ4n) is 2.03. The van der Waals surface area contributed by atoms with E-state index >= 15 is 0 Å². The molecule has 4 heteroatoms. The van der Waals surface area contributed by atoms with Gasteiger partial charge in [-0.25, -0.2) is 0 Å². The lowest BCUT2D eigenvalue weighted by molar-refractivity contribution is -0.132. The SMILES string of the molecule is C[C@H](OCC1CC1)C(=O)NC[C@]1(C)CCCS1. The molecule has 1 aliphatic carbocycles. The summed E-state index contributed by atoms with van der Waals surface area (Å²) in [6.45, 7) is 5.61. The van der Waals surface area contributed by atoms with Crippen LogP contribution in [0.4, 0.5) is 0 Å². The summed E-state index contributed by atoms with van der Waals surface area (Å²) in [7, 11) is 0. The van der Waals surface area contributed by atoms with E-state index in [4.69, 9.17) is 4.74 Å². The van der Waals surface area contributed by atoms with E-state index in [1.165, 1.54) is 31.4 Å². The molecule has 3 nitrogen and oxygen atoms in total. The fraction of sp³-hybridized carbons (Fsp3) is 0.923. The van der Waals surface area contributed by atoms with Crippen LogP contribution in [0.15, 0.2) is 0 Å². The number of hydrogen-bond acceptors (Lipinski definition) is 3. The van der Waals surface area contributed by atoms with Crippen LogP contribution in [0.25, 0.3) is 0 Å². The molecule has 2 fully saturated rings. The van der Waals surface area contributed by atoms with Gasteiger partial charge >= 0.3 is 0 Å². The highest BCUT2D eigenvalue weighted by Crippen LogP contribution is 2.37. The van der Waals surface area contributed by atoms with Gasteiger partial charge in [-0.1, -0.05) is 0 Å². The summed E-state index contributed by atoms with van der Waals surface area (Å²) in [5, 5.41) is 3.02. The summed E-state index contributed by atoms with van der Waals surface area (Å²) in [4.78, 5) is 11.8. The van der Waals surface area contributed by atoms with Crippen molar-refractivity contribution >= 4 is 17.7 Å². The zero-order valence-electron chi connectivity index (χ0n) is 10.8. The maximum Gasteiger partial charge on any atom is 0.248 e. The third-order valence-corrected chi connectivity index (χ3v) is 5.12. The molecule has 0 radical (unpaired) electrons. The third kappa shape index (κ3) is 4.18. The Bertz CT molecular complexity index is 273. The second-order valence-corrected chi connectivity index (χ2v) is 7.22. The van der Waals surface area contributed by atoms with Crippen LogP contribution >= 0.6 is 11.8 Å². The highest BCUT2D eigenvalue weighted by atomic mass is 32.2. The van der Waals surface area contributed by atoms with E-state index in [2.05, 4.69) is 12.2 Å². The van der Waals surface area contributed by atoms with Gasteiger partial charge < -0.3 is 10.1 Å². The molecule has 1 amide bonds. The molecule has 0 aromatic heterocycles. The lowest BCUT2D eigenvalue weighted by Crippen LogP contribution is -2.42. The third-order valence-electron chi connectivity index (χ3n) is 3.59. The van der Waals surface area contributed by atoms with Crippen LogP contribution in [-0.2, 0) is 9.53 Å². The zero-order chi connectivity index (χ0) is 12.3. The van der Waals surface area contributed by atoms with Gasteiger partial charge in [-0.15, -0.1) is 0 Å². The van der Waals surface area contributed by atoms with Gasteiger partial charge in [-0.3, -0.25) is 4.79 Å². The molecular formula is C13H23NO2S. The lowest BCUT2D eigenvalue weighted by atomic mass is 10.1. The van der Waals surface area contributed by atoms with Crippen LogP contribution in [0.1, 0.15) is 39.5 Å². The quantitative estimate of drug-likeness (QED) is 0.793. The number of carbonyl (C=O) groups is 1. The van der Waals surface area contributed by atoms with E-state index < -0.39 is 0 Å². The first-order valence-corrected chi connectivity index (χ1v) is 7.61. The summed E-state index contributed by atoms with van der Waals surface area (Å²) < 4.78 is 5.80. The maximum absolute atomic E-state index is 11.8. The molecule has 0 bridgehead atoms. The van der Waals surface area contributed by atoms with Gasteiger partial charge in [0.25, 0.3) is 0 Å². The molecule has 1 N–H and O–H groups in total. The zero-order valence-corrected chi connectivity index (χ0v) is 11.6. The number of carbonyl (C=O) groups excluding carboxylic acids is 1. The number of thioether (sulfide) groups is 1. The first-order chi connectivity index (χ1) is 8.09. The van der Waals surface area contributed by atoms with Crippen molar-refractivity contribution in [3.05, 3.63) is 0 Å². The summed E-state index contributed by atoms with van der Waals surface area (Å²) in [5.41, 5.74) is 0. The van der Waals surface area contributed by atoms with E-state index in [9.17, 15) is 4.79 Å². The lowest BCUT2D eigenvalue weighted by Gasteiger charge is -2.24. The van der Waals surface area contributed by atoms with Crippen LogP contribution in [0.3, 0.4) is 0 Å². The number of nitrogens with one attached hydrogen (secondary N) is 1. The van der Waals surface area contributed by atoms with Crippen molar-refractivity contribution in [2.24, 2.45) is 5.92 Å². The molecular weight excluding hydrogens is 234 g/mol. The van der Waals surface area contributed by atoms with Crippen molar-refractivity contribution in [2.75, 3.05) is 18.9 Å². The van der Waals surface area contributed by atoms with Gasteiger partial charge in [0, 0.05) is 11.3 Å². The van der Waals surface area contributed by atoms with Crippen LogP contribution in [-0.4, -0.2) is 35.7 Å². The van der Waals surface area contributed by atoms with Gasteiger partial charge in [-0.05, 0) is 51.2 Å². The van der Waals surface area contributed by atoms with Crippen LogP contribution in [0.2, 0.25) is 0 Å². The Labute approximate surface area is 108 Å². The molecule has 2 atom stereocenters. The molecule has 98 valence electrons. The first kappa shape index (κ1) is 13.2. The van der Waals surface area contributed by atoms with Crippen molar-refractivity contribution in [3.8, 4) is 0 Å².